The van der Waals surface area contributed by atoms with Crippen LogP contribution in [0.1, 0.15) is 28.8 Å². The molecule has 1 heterocycles. The van der Waals surface area contributed by atoms with E-state index in [-0.39, 0.29) is 12.5 Å². The highest BCUT2D eigenvalue weighted by Gasteiger charge is 2.08. The largest absolute Gasteiger partial charge is 0.385 e. The molecule has 5 heteroatoms. The first kappa shape index (κ1) is 15.2. The molecule has 0 atom stereocenters. The summed E-state index contributed by atoms with van der Waals surface area (Å²) in [6.07, 6.45) is 4.83. The molecule has 1 aromatic heterocycles. The minimum absolute atomic E-state index is 0.179. The Labute approximate surface area is 113 Å². The highest BCUT2D eigenvalue weighted by atomic mass is 16.5. The maximum atomic E-state index is 12.0. The fraction of sp³-hybridized carbons (Fsp3) is 0.429. The minimum atomic E-state index is -0.243. The lowest BCUT2D eigenvalue weighted by Gasteiger charge is -2.06. The van der Waals surface area contributed by atoms with Gasteiger partial charge in [-0.2, -0.15) is 0 Å². The van der Waals surface area contributed by atoms with Gasteiger partial charge in [0, 0.05) is 32.7 Å². The van der Waals surface area contributed by atoms with Crippen LogP contribution < -0.4 is 5.32 Å². The van der Waals surface area contributed by atoms with E-state index in [1.807, 2.05) is 0 Å². The molecular weight excluding hydrogens is 244 g/mol. The quantitative estimate of drug-likeness (QED) is 0.581. The Kier molecular flexibility index (Phi) is 7.25. The lowest BCUT2D eigenvalue weighted by molar-refractivity contribution is 0.0951. The number of pyridine rings is 1. The van der Waals surface area contributed by atoms with E-state index in [1.54, 1.807) is 19.4 Å². The number of rotatable bonds is 6. The molecule has 0 unspecified atom stereocenters. The number of aromatic nitrogens is 1. The number of ether oxygens (including phenoxy) is 1. The van der Waals surface area contributed by atoms with Gasteiger partial charge in [0.15, 0.2) is 0 Å². The van der Waals surface area contributed by atoms with E-state index >= 15 is 0 Å². The van der Waals surface area contributed by atoms with Crippen LogP contribution in [-0.2, 0) is 4.74 Å². The van der Waals surface area contributed by atoms with Gasteiger partial charge in [0.1, 0.15) is 6.61 Å². The summed E-state index contributed by atoms with van der Waals surface area (Å²) in [6, 6.07) is 1.62. The maximum Gasteiger partial charge on any atom is 0.252 e. The molecule has 0 saturated heterocycles. The molecule has 0 spiro atoms. The summed E-state index contributed by atoms with van der Waals surface area (Å²) in [7, 11) is 1.65. The van der Waals surface area contributed by atoms with Gasteiger partial charge in [-0.05, 0) is 18.9 Å². The first-order valence-corrected chi connectivity index (χ1v) is 6.10. The summed E-state index contributed by atoms with van der Waals surface area (Å²) in [6.45, 7) is 1.04. The lowest BCUT2D eigenvalue weighted by atomic mass is 10.1. The maximum absolute atomic E-state index is 12.0. The zero-order valence-electron chi connectivity index (χ0n) is 11.0. The van der Waals surface area contributed by atoms with Gasteiger partial charge in [-0.15, -0.1) is 0 Å². The molecule has 102 valence electrons. The Bertz CT molecular complexity index is 463. The summed E-state index contributed by atoms with van der Waals surface area (Å²) in [5, 5.41) is 11.5. The van der Waals surface area contributed by atoms with Gasteiger partial charge >= 0.3 is 0 Å². The molecule has 5 nitrogen and oxygen atoms in total. The van der Waals surface area contributed by atoms with Gasteiger partial charge in [-0.3, -0.25) is 9.78 Å². The molecule has 0 aliphatic carbocycles. The van der Waals surface area contributed by atoms with Crippen LogP contribution in [0, 0.1) is 11.8 Å². The molecule has 2 N–H and O–H groups in total. The number of unbranched alkanes of at least 4 members (excludes halogenated alkanes) is 1. The van der Waals surface area contributed by atoms with Crippen LogP contribution in [0.4, 0.5) is 0 Å². The number of hydrogen-bond donors (Lipinski definition) is 2. The molecule has 0 saturated carbocycles. The predicted octanol–water partition coefficient (Wildman–Crippen LogP) is 0.582. The third-order valence-corrected chi connectivity index (χ3v) is 2.43. The van der Waals surface area contributed by atoms with E-state index in [2.05, 4.69) is 22.1 Å². The topological polar surface area (TPSA) is 71.5 Å². The fourth-order valence-electron chi connectivity index (χ4n) is 1.50. The van der Waals surface area contributed by atoms with Gasteiger partial charge in [-0.1, -0.05) is 11.8 Å². The van der Waals surface area contributed by atoms with Crippen molar-refractivity contribution in [1.29, 1.82) is 0 Å². The van der Waals surface area contributed by atoms with Crippen LogP contribution in [0.2, 0.25) is 0 Å². The summed E-state index contributed by atoms with van der Waals surface area (Å²) < 4.78 is 4.93. The smallest absolute Gasteiger partial charge is 0.252 e. The third kappa shape index (κ3) is 5.51. The molecule has 0 radical (unpaired) electrons. The number of aliphatic hydroxyl groups is 1. The van der Waals surface area contributed by atoms with Crippen LogP contribution in [0.15, 0.2) is 18.5 Å². The van der Waals surface area contributed by atoms with E-state index in [0.29, 0.717) is 24.3 Å². The normalized spacial score (nSPS) is 9.58. The van der Waals surface area contributed by atoms with Crippen molar-refractivity contribution in [1.82, 2.24) is 10.3 Å². The zero-order chi connectivity index (χ0) is 13.9. The molecule has 0 aromatic carbocycles. The SMILES string of the molecule is COCCCCNC(=O)c1ccncc1C#CCO. The molecule has 0 bridgehead atoms. The van der Waals surface area contributed by atoms with Crippen LogP contribution >= 0.6 is 0 Å². The molecule has 0 fully saturated rings. The average Bonchev–Trinajstić information content (AvgIpc) is 2.45. The summed E-state index contributed by atoms with van der Waals surface area (Å²) in [5.74, 6) is 5.05. The van der Waals surface area contributed by atoms with Crippen molar-refractivity contribution < 1.29 is 14.6 Å². The summed E-state index contributed by atoms with van der Waals surface area (Å²) in [4.78, 5) is 15.9. The monoisotopic (exact) mass is 262 g/mol. The molecule has 0 aliphatic heterocycles. The number of hydrogen-bond acceptors (Lipinski definition) is 4. The highest BCUT2D eigenvalue weighted by molar-refractivity contribution is 5.96. The number of carbonyl (C=O) groups is 1. The van der Waals surface area contributed by atoms with Crippen molar-refractivity contribution in [2.24, 2.45) is 0 Å². The van der Waals surface area contributed by atoms with Gasteiger partial charge < -0.3 is 15.2 Å². The first-order chi connectivity index (χ1) is 9.29. The fourth-order valence-corrected chi connectivity index (χ4v) is 1.50. The van der Waals surface area contributed by atoms with Crippen molar-refractivity contribution in [2.45, 2.75) is 12.8 Å². The number of nitrogens with zero attached hydrogens (tertiary/aromatic N) is 1. The van der Waals surface area contributed by atoms with Gasteiger partial charge in [0.25, 0.3) is 5.91 Å². The molecule has 0 aliphatic rings. The van der Waals surface area contributed by atoms with Crippen LogP contribution in [0.5, 0.6) is 0 Å². The molecule has 1 aromatic rings. The van der Waals surface area contributed by atoms with Crippen molar-refractivity contribution >= 4 is 5.91 Å². The van der Waals surface area contributed by atoms with E-state index in [1.165, 1.54) is 6.20 Å². The van der Waals surface area contributed by atoms with Gasteiger partial charge in [0.05, 0.1) is 11.1 Å². The van der Waals surface area contributed by atoms with Crippen molar-refractivity contribution in [3.8, 4) is 11.8 Å². The Morgan fingerprint density at radius 1 is 1.53 bits per heavy atom. The summed E-state index contributed by atoms with van der Waals surface area (Å²) in [5.41, 5.74) is 0.994. The second-order valence-corrected chi connectivity index (χ2v) is 3.84. The first-order valence-electron chi connectivity index (χ1n) is 6.10. The van der Waals surface area contributed by atoms with Crippen LogP contribution in [-0.4, -0.2) is 42.9 Å². The number of aliphatic hydroxyl groups excluding tert-OH is 1. The standard InChI is InChI=1S/C14H18N2O3/c1-19-10-3-2-7-16-14(18)13-6-8-15-11-12(13)5-4-9-17/h6,8,11,17H,2-3,7,9-10H2,1H3,(H,16,18). The average molecular weight is 262 g/mol. The van der Waals surface area contributed by atoms with Gasteiger partial charge in [-0.25, -0.2) is 0 Å². The Morgan fingerprint density at radius 3 is 3.11 bits per heavy atom. The second kappa shape index (κ2) is 9.09. The number of nitrogens with one attached hydrogen (secondary N) is 1. The predicted molar refractivity (Wildman–Crippen MR) is 71.6 cm³/mol. The molecule has 1 amide bonds. The zero-order valence-corrected chi connectivity index (χ0v) is 11.0. The Balaban J connectivity index is 2.56. The summed E-state index contributed by atoms with van der Waals surface area (Å²) >= 11 is 0. The Morgan fingerprint density at radius 2 is 2.37 bits per heavy atom. The van der Waals surface area contributed by atoms with E-state index < -0.39 is 0 Å². The molecule has 1 rings (SSSR count). The molecule has 19 heavy (non-hydrogen) atoms. The van der Waals surface area contributed by atoms with E-state index in [4.69, 9.17) is 9.84 Å². The van der Waals surface area contributed by atoms with Crippen molar-refractivity contribution in [2.75, 3.05) is 26.9 Å². The number of methoxy groups -OCH3 is 1. The van der Waals surface area contributed by atoms with Crippen molar-refractivity contribution in [3.05, 3.63) is 29.6 Å². The number of amides is 1. The number of carbonyl (C=O) groups excluding carboxylic acids is 1. The highest BCUT2D eigenvalue weighted by Crippen LogP contribution is 2.05. The lowest BCUT2D eigenvalue weighted by Crippen LogP contribution is -2.25. The van der Waals surface area contributed by atoms with Crippen LogP contribution in [0.25, 0.3) is 0 Å². The minimum Gasteiger partial charge on any atom is -0.385 e. The third-order valence-electron chi connectivity index (χ3n) is 2.43. The van der Waals surface area contributed by atoms with E-state index in [0.717, 1.165) is 12.8 Å². The Hall–Kier alpha value is -1.90. The van der Waals surface area contributed by atoms with Gasteiger partial charge in [0.2, 0.25) is 0 Å². The van der Waals surface area contributed by atoms with Crippen LogP contribution in [0.3, 0.4) is 0 Å². The van der Waals surface area contributed by atoms with Crippen molar-refractivity contribution in [3.63, 3.8) is 0 Å². The molecular formula is C14H18N2O3. The second-order valence-electron chi connectivity index (χ2n) is 3.84. The van der Waals surface area contributed by atoms with E-state index in [9.17, 15) is 4.79 Å².